The number of H-pyrrole nitrogens is 1. The third-order valence-electron chi connectivity index (χ3n) is 3.34. The van der Waals surface area contributed by atoms with E-state index in [0.29, 0.717) is 0 Å². The fraction of sp³-hybridized carbons (Fsp3) is 0.125. The predicted molar refractivity (Wildman–Crippen MR) is 78.0 cm³/mol. The van der Waals surface area contributed by atoms with Gasteiger partial charge in [0, 0.05) is 34.9 Å². The summed E-state index contributed by atoms with van der Waals surface area (Å²) in [5.41, 5.74) is 6.04. The van der Waals surface area contributed by atoms with Gasteiger partial charge in [-0.1, -0.05) is 24.3 Å². The maximum atomic E-state index is 3.48. The van der Waals surface area contributed by atoms with Crippen molar-refractivity contribution in [3.05, 3.63) is 54.1 Å². The molecule has 0 atom stereocenters. The standard InChI is InChI=1S/C16H16N2/c1-11-5-3-4-6-14(11)16-10-12-9-13(17-2)7-8-15(12)18-16/h3-10,17-18H,1-2H3. The van der Waals surface area contributed by atoms with E-state index in [2.05, 4.69) is 65.8 Å². The molecule has 1 heterocycles. The Morgan fingerprint density at radius 2 is 1.83 bits per heavy atom. The Balaban J connectivity index is 2.17. The Hall–Kier alpha value is -2.22. The zero-order valence-corrected chi connectivity index (χ0v) is 10.6. The van der Waals surface area contributed by atoms with Crippen LogP contribution in [0.4, 0.5) is 5.69 Å². The van der Waals surface area contributed by atoms with Gasteiger partial charge in [0.15, 0.2) is 0 Å². The first-order valence-electron chi connectivity index (χ1n) is 6.14. The topological polar surface area (TPSA) is 27.8 Å². The quantitative estimate of drug-likeness (QED) is 0.686. The van der Waals surface area contributed by atoms with E-state index in [9.17, 15) is 0 Å². The minimum absolute atomic E-state index is 1.14. The van der Waals surface area contributed by atoms with Crippen molar-refractivity contribution in [3.8, 4) is 11.3 Å². The molecule has 0 radical (unpaired) electrons. The van der Waals surface area contributed by atoms with Crippen molar-refractivity contribution in [1.82, 2.24) is 4.98 Å². The van der Waals surface area contributed by atoms with Gasteiger partial charge in [-0.05, 0) is 36.8 Å². The number of aromatic amines is 1. The number of nitrogens with one attached hydrogen (secondary N) is 2. The summed E-state index contributed by atoms with van der Waals surface area (Å²) in [4.78, 5) is 3.48. The Morgan fingerprint density at radius 3 is 2.61 bits per heavy atom. The van der Waals surface area contributed by atoms with Crippen LogP contribution in [0.15, 0.2) is 48.5 Å². The van der Waals surface area contributed by atoms with E-state index in [1.54, 1.807) is 0 Å². The second-order valence-corrected chi connectivity index (χ2v) is 4.55. The van der Waals surface area contributed by atoms with Crippen LogP contribution in [0.2, 0.25) is 0 Å². The van der Waals surface area contributed by atoms with E-state index in [1.807, 2.05) is 7.05 Å². The van der Waals surface area contributed by atoms with E-state index in [1.165, 1.54) is 27.7 Å². The molecule has 2 aromatic carbocycles. The van der Waals surface area contributed by atoms with Gasteiger partial charge in [-0.15, -0.1) is 0 Å². The predicted octanol–water partition coefficient (Wildman–Crippen LogP) is 4.19. The van der Waals surface area contributed by atoms with Crippen LogP contribution in [0.3, 0.4) is 0 Å². The summed E-state index contributed by atoms with van der Waals surface area (Å²) in [7, 11) is 1.94. The number of hydrogen-bond donors (Lipinski definition) is 2. The minimum atomic E-state index is 1.14. The van der Waals surface area contributed by atoms with Crippen LogP contribution in [-0.4, -0.2) is 12.0 Å². The van der Waals surface area contributed by atoms with Crippen LogP contribution in [-0.2, 0) is 0 Å². The van der Waals surface area contributed by atoms with Crippen molar-refractivity contribution in [1.29, 1.82) is 0 Å². The molecular formula is C16H16N2. The lowest BCUT2D eigenvalue weighted by Gasteiger charge is -2.01. The van der Waals surface area contributed by atoms with Gasteiger partial charge in [0.1, 0.15) is 0 Å². The molecule has 0 bridgehead atoms. The average Bonchev–Trinajstić information content (AvgIpc) is 2.81. The molecule has 2 N–H and O–H groups in total. The van der Waals surface area contributed by atoms with Gasteiger partial charge in [0.2, 0.25) is 0 Å². The highest BCUT2D eigenvalue weighted by atomic mass is 14.8. The normalized spacial score (nSPS) is 10.8. The van der Waals surface area contributed by atoms with Crippen LogP contribution in [0.1, 0.15) is 5.56 Å². The molecule has 0 aliphatic heterocycles. The molecule has 0 aliphatic carbocycles. The molecule has 0 aliphatic rings. The molecule has 3 aromatic rings. The molecule has 0 unspecified atom stereocenters. The highest BCUT2D eigenvalue weighted by molar-refractivity contribution is 5.88. The summed E-state index contributed by atoms with van der Waals surface area (Å²) in [6, 6.07) is 17.0. The third-order valence-corrected chi connectivity index (χ3v) is 3.34. The van der Waals surface area contributed by atoms with Gasteiger partial charge >= 0.3 is 0 Å². The fourth-order valence-corrected chi connectivity index (χ4v) is 2.31. The van der Waals surface area contributed by atoms with Crippen LogP contribution in [0.5, 0.6) is 0 Å². The first-order valence-corrected chi connectivity index (χ1v) is 6.14. The molecule has 18 heavy (non-hydrogen) atoms. The van der Waals surface area contributed by atoms with Gasteiger partial charge in [0.25, 0.3) is 0 Å². The van der Waals surface area contributed by atoms with Crippen molar-refractivity contribution in [2.24, 2.45) is 0 Å². The van der Waals surface area contributed by atoms with Crippen molar-refractivity contribution >= 4 is 16.6 Å². The SMILES string of the molecule is CNc1ccc2[nH]c(-c3ccccc3C)cc2c1. The first-order chi connectivity index (χ1) is 8.78. The number of anilines is 1. The lowest BCUT2D eigenvalue weighted by Crippen LogP contribution is -1.85. The summed E-state index contributed by atoms with van der Waals surface area (Å²) in [5, 5.41) is 4.40. The number of fused-ring (bicyclic) bond motifs is 1. The molecule has 0 spiro atoms. The summed E-state index contributed by atoms with van der Waals surface area (Å²) < 4.78 is 0. The molecule has 3 rings (SSSR count). The molecule has 1 aromatic heterocycles. The Labute approximate surface area is 107 Å². The smallest absolute Gasteiger partial charge is 0.0467 e. The molecule has 0 saturated carbocycles. The lowest BCUT2D eigenvalue weighted by molar-refractivity contribution is 1.39. The first kappa shape index (κ1) is 10.9. The van der Waals surface area contributed by atoms with E-state index < -0.39 is 0 Å². The van der Waals surface area contributed by atoms with Gasteiger partial charge < -0.3 is 10.3 Å². The average molecular weight is 236 g/mol. The molecule has 0 saturated heterocycles. The Bertz CT molecular complexity index is 695. The van der Waals surface area contributed by atoms with Gasteiger partial charge in [-0.2, -0.15) is 0 Å². The molecule has 2 heteroatoms. The van der Waals surface area contributed by atoms with Crippen molar-refractivity contribution in [3.63, 3.8) is 0 Å². The molecule has 90 valence electrons. The Kier molecular flexibility index (Phi) is 2.56. The maximum absolute atomic E-state index is 3.48. The second-order valence-electron chi connectivity index (χ2n) is 4.55. The number of aromatic nitrogens is 1. The van der Waals surface area contributed by atoms with Crippen molar-refractivity contribution in [2.75, 3.05) is 12.4 Å². The van der Waals surface area contributed by atoms with E-state index >= 15 is 0 Å². The lowest BCUT2D eigenvalue weighted by atomic mass is 10.1. The summed E-state index contributed by atoms with van der Waals surface area (Å²) in [6.07, 6.45) is 0. The van der Waals surface area contributed by atoms with Crippen LogP contribution in [0, 0.1) is 6.92 Å². The summed E-state index contributed by atoms with van der Waals surface area (Å²) in [5.74, 6) is 0. The largest absolute Gasteiger partial charge is 0.388 e. The summed E-state index contributed by atoms with van der Waals surface area (Å²) in [6.45, 7) is 2.14. The van der Waals surface area contributed by atoms with E-state index in [0.717, 1.165) is 5.69 Å². The summed E-state index contributed by atoms with van der Waals surface area (Å²) >= 11 is 0. The highest BCUT2D eigenvalue weighted by Gasteiger charge is 2.05. The fourth-order valence-electron chi connectivity index (χ4n) is 2.31. The zero-order chi connectivity index (χ0) is 12.5. The Morgan fingerprint density at radius 1 is 1.00 bits per heavy atom. The van der Waals surface area contributed by atoms with E-state index in [4.69, 9.17) is 0 Å². The maximum Gasteiger partial charge on any atom is 0.0467 e. The highest BCUT2D eigenvalue weighted by Crippen LogP contribution is 2.27. The molecule has 0 amide bonds. The minimum Gasteiger partial charge on any atom is -0.388 e. The zero-order valence-electron chi connectivity index (χ0n) is 10.6. The van der Waals surface area contributed by atoms with Crippen LogP contribution in [0.25, 0.3) is 22.2 Å². The monoisotopic (exact) mass is 236 g/mol. The third kappa shape index (κ3) is 1.76. The number of hydrogen-bond acceptors (Lipinski definition) is 1. The molecule has 2 nitrogen and oxygen atoms in total. The van der Waals surface area contributed by atoms with Crippen LogP contribution >= 0.6 is 0 Å². The van der Waals surface area contributed by atoms with Crippen LogP contribution < -0.4 is 5.32 Å². The number of aryl methyl sites for hydroxylation is 1. The second kappa shape index (κ2) is 4.22. The van der Waals surface area contributed by atoms with Gasteiger partial charge in [-0.25, -0.2) is 0 Å². The van der Waals surface area contributed by atoms with Crippen molar-refractivity contribution in [2.45, 2.75) is 6.92 Å². The molecule has 0 fully saturated rings. The molecular weight excluding hydrogens is 220 g/mol. The number of rotatable bonds is 2. The van der Waals surface area contributed by atoms with Crippen molar-refractivity contribution < 1.29 is 0 Å². The van der Waals surface area contributed by atoms with Gasteiger partial charge in [0.05, 0.1) is 0 Å². The van der Waals surface area contributed by atoms with Gasteiger partial charge in [-0.3, -0.25) is 0 Å². The van der Waals surface area contributed by atoms with E-state index in [-0.39, 0.29) is 0 Å². The number of benzene rings is 2.